The van der Waals surface area contributed by atoms with Crippen LogP contribution in [0.2, 0.25) is 0 Å². The molecule has 0 saturated carbocycles. The van der Waals surface area contributed by atoms with Gasteiger partial charge in [0.05, 0.1) is 19.1 Å². The SMILES string of the molecule is CSc1ccc(NC(=O)CC2CNCCO2)cc1. The lowest BCUT2D eigenvalue weighted by molar-refractivity contribution is -0.119. The van der Waals surface area contributed by atoms with Gasteiger partial charge in [-0.05, 0) is 30.5 Å². The first kappa shape index (κ1) is 13.4. The van der Waals surface area contributed by atoms with Crippen molar-refractivity contribution in [3.8, 4) is 0 Å². The lowest BCUT2D eigenvalue weighted by Crippen LogP contribution is -2.40. The molecule has 1 saturated heterocycles. The molecule has 0 bridgehead atoms. The van der Waals surface area contributed by atoms with Crippen LogP contribution in [0.3, 0.4) is 0 Å². The molecule has 1 unspecified atom stereocenters. The summed E-state index contributed by atoms with van der Waals surface area (Å²) in [5.41, 5.74) is 0.835. The molecule has 1 fully saturated rings. The highest BCUT2D eigenvalue weighted by molar-refractivity contribution is 7.98. The Morgan fingerprint density at radius 1 is 1.50 bits per heavy atom. The van der Waals surface area contributed by atoms with Crippen molar-refractivity contribution in [3.05, 3.63) is 24.3 Å². The molecule has 0 aromatic heterocycles. The maximum absolute atomic E-state index is 11.8. The first-order chi connectivity index (χ1) is 8.78. The van der Waals surface area contributed by atoms with Gasteiger partial charge in [-0.25, -0.2) is 0 Å². The quantitative estimate of drug-likeness (QED) is 0.815. The van der Waals surface area contributed by atoms with E-state index in [0.29, 0.717) is 13.0 Å². The second kappa shape index (κ2) is 6.78. The minimum absolute atomic E-state index is 0.000557. The van der Waals surface area contributed by atoms with Crippen LogP contribution < -0.4 is 10.6 Å². The van der Waals surface area contributed by atoms with Crippen LogP contribution in [0.4, 0.5) is 5.69 Å². The average Bonchev–Trinajstić information content (AvgIpc) is 2.40. The van der Waals surface area contributed by atoms with Gasteiger partial charge in [0.1, 0.15) is 0 Å². The molecule has 0 aliphatic carbocycles. The Labute approximate surface area is 111 Å². The third kappa shape index (κ3) is 4.01. The predicted molar refractivity (Wildman–Crippen MR) is 74.1 cm³/mol. The van der Waals surface area contributed by atoms with Gasteiger partial charge in [0.2, 0.25) is 5.91 Å². The Hall–Kier alpha value is -1.04. The molecule has 0 spiro atoms. The summed E-state index contributed by atoms with van der Waals surface area (Å²) in [6.07, 6.45) is 2.42. The van der Waals surface area contributed by atoms with E-state index in [0.717, 1.165) is 18.8 Å². The van der Waals surface area contributed by atoms with E-state index in [-0.39, 0.29) is 12.0 Å². The van der Waals surface area contributed by atoms with Crippen LogP contribution in [-0.4, -0.2) is 38.0 Å². The Balaban J connectivity index is 1.82. The molecule has 1 aliphatic heterocycles. The van der Waals surface area contributed by atoms with E-state index >= 15 is 0 Å². The van der Waals surface area contributed by atoms with Crippen molar-refractivity contribution in [2.24, 2.45) is 0 Å². The zero-order valence-electron chi connectivity index (χ0n) is 10.4. The lowest BCUT2D eigenvalue weighted by Gasteiger charge is -2.23. The normalized spacial score (nSPS) is 19.5. The zero-order chi connectivity index (χ0) is 12.8. The predicted octanol–water partition coefficient (Wildman–Crippen LogP) is 1.73. The lowest BCUT2D eigenvalue weighted by atomic mass is 10.2. The van der Waals surface area contributed by atoms with Crippen LogP contribution in [0.5, 0.6) is 0 Å². The Morgan fingerprint density at radius 2 is 2.28 bits per heavy atom. The Bertz CT molecular complexity index is 388. The maximum Gasteiger partial charge on any atom is 0.227 e. The van der Waals surface area contributed by atoms with Gasteiger partial charge in [0.15, 0.2) is 0 Å². The van der Waals surface area contributed by atoms with Crippen LogP contribution in [0.25, 0.3) is 0 Å². The van der Waals surface area contributed by atoms with E-state index in [4.69, 9.17) is 4.74 Å². The molecule has 1 atom stereocenters. The molecular weight excluding hydrogens is 248 g/mol. The third-order valence-corrected chi connectivity index (χ3v) is 3.53. The van der Waals surface area contributed by atoms with Gasteiger partial charge in [-0.15, -0.1) is 11.8 Å². The Morgan fingerprint density at radius 3 is 2.89 bits per heavy atom. The molecule has 2 rings (SSSR count). The molecule has 1 aromatic carbocycles. The molecular formula is C13H18N2O2S. The van der Waals surface area contributed by atoms with Gasteiger partial charge in [-0.3, -0.25) is 4.79 Å². The van der Waals surface area contributed by atoms with Gasteiger partial charge >= 0.3 is 0 Å². The van der Waals surface area contributed by atoms with E-state index in [9.17, 15) is 4.79 Å². The second-order valence-corrected chi connectivity index (χ2v) is 5.06. The number of carbonyl (C=O) groups excluding carboxylic acids is 1. The zero-order valence-corrected chi connectivity index (χ0v) is 11.3. The van der Waals surface area contributed by atoms with Gasteiger partial charge in [-0.1, -0.05) is 0 Å². The minimum atomic E-state index is -0.00998. The van der Waals surface area contributed by atoms with Crippen molar-refractivity contribution in [3.63, 3.8) is 0 Å². The van der Waals surface area contributed by atoms with Crippen molar-refractivity contribution in [2.75, 3.05) is 31.3 Å². The molecule has 1 aromatic rings. The van der Waals surface area contributed by atoms with Gasteiger partial charge < -0.3 is 15.4 Å². The summed E-state index contributed by atoms with van der Waals surface area (Å²) in [7, 11) is 0. The fraction of sp³-hybridized carbons (Fsp3) is 0.462. The van der Waals surface area contributed by atoms with Gasteiger partial charge in [0.25, 0.3) is 0 Å². The smallest absolute Gasteiger partial charge is 0.227 e. The monoisotopic (exact) mass is 266 g/mol. The van der Waals surface area contributed by atoms with E-state index < -0.39 is 0 Å². The number of morpholine rings is 1. The summed E-state index contributed by atoms with van der Waals surface area (Å²) in [4.78, 5) is 13.0. The molecule has 98 valence electrons. The summed E-state index contributed by atoms with van der Waals surface area (Å²) in [6, 6.07) is 7.84. The fourth-order valence-electron chi connectivity index (χ4n) is 1.84. The number of rotatable bonds is 4. The first-order valence-electron chi connectivity index (χ1n) is 6.04. The van der Waals surface area contributed by atoms with Crippen LogP contribution >= 0.6 is 11.8 Å². The summed E-state index contributed by atoms with van der Waals surface area (Å²) >= 11 is 1.68. The number of thioether (sulfide) groups is 1. The summed E-state index contributed by atoms with van der Waals surface area (Å²) in [6.45, 7) is 2.30. The van der Waals surface area contributed by atoms with Crippen LogP contribution in [0.15, 0.2) is 29.2 Å². The molecule has 0 radical (unpaired) electrons. The number of amides is 1. The molecule has 18 heavy (non-hydrogen) atoms. The summed E-state index contributed by atoms with van der Waals surface area (Å²) in [5, 5.41) is 6.10. The standard InChI is InChI=1S/C13H18N2O2S/c1-18-12-4-2-10(3-5-12)15-13(16)8-11-9-14-6-7-17-11/h2-5,11,14H,6-9H2,1H3,(H,15,16). The van der Waals surface area contributed by atoms with Gasteiger partial charge in [-0.2, -0.15) is 0 Å². The van der Waals surface area contributed by atoms with E-state index in [1.54, 1.807) is 11.8 Å². The third-order valence-electron chi connectivity index (χ3n) is 2.79. The highest BCUT2D eigenvalue weighted by Crippen LogP contribution is 2.17. The minimum Gasteiger partial charge on any atom is -0.375 e. The number of ether oxygens (including phenoxy) is 1. The molecule has 1 heterocycles. The number of hydrogen-bond donors (Lipinski definition) is 2. The summed E-state index contributed by atoms with van der Waals surface area (Å²) < 4.78 is 5.50. The molecule has 5 heteroatoms. The maximum atomic E-state index is 11.8. The van der Waals surface area contributed by atoms with Crippen molar-refractivity contribution in [1.82, 2.24) is 5.32 Å². The number of anilines is 1. The second-order valence-electron chi connectivity index (χ2n) is 4.18. The highest BCUT2D eigenvalue weighted by atomic mass is 32.2. The number of benzene rings is 1. The average molecular weight is 266 g/mol. The van der Waals surface area contributed by atoms with E-state index in [1.807, 2.05) is 30.5 Å². The van der Waals surface area contributed by atoms with Crippen LogP contribution in [-0.2, 0) is 9.53 Å². The fourth-order valence-corrected chi connectivity index (χ4v) is 2.25. The molecule has 2 N–H and O–H groups in total. The number of carbonyl (C=O) groups is 1. The molecule has 4 nitrogen and oxygen atoms in total. The van der Waals surface area contributed by atoms with Crippen LogP contribution in [0, 0.1) is 0 Å². The van der Waals surface area contributed by atoms with E-state index in [2.05, 4.69) is 10.6 Å². The number of nitrogens with one attached hydrogen (secondary N) is 2. The van der Waals surface area contributed by atoms with Crippen LogP contribution in [0.1, 0.15) is 6.42 Å². The number of hydrogen-bond acceptors (Lipinski definition) is 4. The van der Waals surface area contributed by atoms with E-state index in [1.165, 1.54) is 4.90 Å². The van der Waals surface area contributed by atoms with Crippen molar-refractivity contribution in [1.29, 1.82) is 0 Å². The molecule has 1 aliphatic rings. The van der Waals surface area contributed by atoms with Crippen molar-refractivity contribution >= 4 is 23.4 Å². The highest BCUT2D eigenvalue weighted by Gasteiger charge is 2.17. The Kier molecular flexibility index (Phi) is 5.04. The topological polar surface area (TPSA) is 50.4 Å². The largest absolute Gasteiger partial charge is 0.375 e. The summed E-state index contributed by atoms with van der Waals surface area (Å²) in [5.74, 6) is 0.000557. The van der Waals surface area contributed by atoms with Gasteiger partial charge in [0, 0.05) is 23.7 Å². The first-order valence-corrected chi connectivity index (χ1v) is 7.26. The van der Waals surface area contributed by atoms with Crippen molar-refractivity contribution in [2.45, 2.75) is 17.4 Å². The molecule has 1 amide bonds. The van der Waals surface area contributed by atoms with Crippen molar-refractivity contribution < 1.29 is 9.53 Å².